The van der Waals surface area contributed by atoms with Gasteiger partial charge in [0.25, 0.3) is 0 Å². The van der Waals surface area contributed by atoms with E-state index in [4.69, 9.17) is 17.4 Å². The Morgan fingerprint density at radius 3 is 2.83 bits per heavy atom. The summed E-state index contributed by atoms with van der Waals surface area (Å²) in [6.07, 6.45) is 1.49. The van der Waals surface area contributed by atoms with E-state index in [1.165, 1.54) is 6.20 Å². The van der Waals surface area contributed by atoms with Crippen molar-refractivity contribution in [2.75, 3.05) is 10.7 Å². The second kappa shape index (κ2) is 5.99. The molecule has 0 radical (unpaired) electrons. The molecule has 0 amide bonds. The van der Waals surface area contributed by atoms with E-state index < -0.39 is 0 Å². The summed E-state index contributed by atoms with van der Waals surface area (Å²) >= 11 is 9.47. The van der Waals surface area contributed by atoms with Crippen LogP contribution < -0.4 is 16.6 Å². The van der Waals surface area contributed by atoms with Gasteiger partial charge in [-0.1, -0.05) is 45.7 Å². The van der Waals surface area contributed by atoms with Gasteiger partial charge in [0.05, 0.1) is 6.20 Å². The summed E-state index contributed by atoms with van der Waals surface area (Å²) in [7, 11) is 0. The third kappa shape index (κ3) is 3.10. The molecule has 0 aliphatic carbocycles. The lowest BCUT2D eigenvalue weighted by atomic mass is 10.2. The summed E-state index contributed by atoms with van der Waals surface area (Å²) in [5.41, 5.74) is 3.48. The number of anilines is 2. The molecule has 0 unspecified atom stereocenters. The van der Waals surface area contributed by atoms with Gasteiger partial charge in [-0.25, -0.2) is 10.8 Å². The Labute approximate surface area is 118 Å². The van der Waals surface area contributed by atoms with E-state index in [9.17, 15) is 0 Å². The maximum atomic E-state index is 5.99. The molecule has 4 N–H and O–H groups in total. The first-order chi connectivity index (χ1) is 8.70. The highest BCUT2D eigenvalue weighted by Crippen LogP contribution is 2.21. The Balaban J connectivity index is 2.13. The number of rotatable bonds is 4. The monoisotopic (exact) mass is 327 g/mol. The van der Waals surface area contributed by atoms with Crippen LogP contribution in [0.1, 0.15) is 5.56 Å². The van der Waals surface area contributed by atoms with Crippen molar-refractivity contribution in [2.45, 2.75) is 6.54 Å². The average molecular weight is 329 g/mol. The summed E-state index contributed by atoms with van der Waals surface area (Å²) in [5, 5.41) is 3.58. The van der Waals surface area contributed by atoms with Crippen molar-refractivity contribution in [3.63, 3.8) is 0 Å². The van der Waals surface area contributed by atoms with E-state index in [0.717, 1.165) is 10.0 Å². The molecule has 2 rings (SSSR count). The molecule has 1 heterocycles. The van der Waals surface area contributed by atoms with Crippen molar-refractivity contribution in [3.8, 4) is 0 Å². The smallest absolute Gasteiger partial charge is 0.239 e. The number of hydrogen-bond acceptors (Lipinski definition) is 5. The molecular weight excluding hydrogens is 318 g/mol. The van der Waals surface area contributed by atoms with Crippen LogP contribution in [0.5, 0.6) is 0 Å². The molecule has 0 spiro atoms. The first kappa shape index (κ1) is 13.1. The first-order valence-electron chi connectivity index (χ1n) is 5.17. The molecule has 1 aromatic heterocycles. The lowest BCUT2D eigenvalue weighted by Crippen LogP contribution is -2.12. The van der Waals surface area contributed by atoms with Gasteiger partial charge in [-0.3, -0.25) is 5.43 Å². The number of benzene rings is 1. The van der Waals surface area contributed by atoms with E-state index in [-0.39, 0.29) is 0 Å². The Morgan fingerprint density at radius 2 is 2.11 bits per heavy atom. The number of halogens is 2. The lowest BCUT2D eigenvalue weighted by Gasteiger charge is -2.09. The SMILES string of the molecule is NNc1ncc(Cl)c(NCc2ccccc2Br)n1. The highest BCUT2D eigenvalue weighted by Gasteiger charge is 2.05. The number of aromatic nitrogens is 2. The van der Waals surface area contributed by atoms with Crippen molar-refractivity contribution >= 4 is 39.3 Å². The zero-order valence-corrected chi connectivity index (χ0v) is 11.7. The molecule has 0 fully saturated rings. The van der Waals surface area contributed by atoms with E-state index in [1.807, 2.05) is 24.3 Å². The van der Waals surface area contributed by atoms with Crippen LogP contribution in [0.25, 0.3) is 0 Å². The molecule has 94 valence electrons. The quantitative estimate of drug-likeness (QED) is 0.594. The minimum absolute atomic E-state index is 0.314. The fourth-order valence-corrected chi connectivity index (χ4v) is 1.96. The van der Waals surface area contributed by atoms with Gasteiger partial charge in [-0.2, -0.15) is 4.98 Å². The van der Waals surface area contributed by atoms with Crippen molar-refractivity contribution < 1.29 is 0 Å². The third-order valence-electron chi connectivity index (χ3n) is 2.28. The van der Waals surface area contributed by atoms with Crippen LogP contribution in [0.3, 0.4) is 0 Å². The molecule has 0 atom stereocenters. The molecule has 0 saturated heterocycles. The maximum Gasteiger partial charge on any atom is 0.239 e. The third-order valence-corrected chi connectivity index (χ3v) is 3.33. The molecule has 7 heteroatoms. The molecular formula is C11H11BrClN5. The van der Waals surface area contributed by atoms with Crippen molar-refractivity contribution in [1.29, 1.82) is 0 Å². The number of nitrogens with one attached hydrogen (secondary N) is 2. The van der Waals surface area contributed by atoms with Crippen molar-refractivity contribution in [3.05, 3.63) is 45.5 Å². The zero-order chi connectivity index (χ0) is 13.0. The van der Waals surface area contributed by atoms with Gasteiger partial charge >= 0.3 is 0 Å². The van der Waals surface area contributed by atoms with Crippen molar-refractivity contribution in [2.24, 2.45) is 5.84 Å². The highest BCUT2D eigenvalue weighted by molar-refractivity contribution is 9.10. The topological polar surface area (TPSA) is 75.9 Å². The van der Waals surface area contributed by atoms with E-state index in [1.54, 1.807) is 0 Å². The van der Waals surface area contributed by atoms with E-state index >= 15 is 0 Å². The van der Waals surface area contributed by atoms with Crippen LogP contribution in [-0.2, 0) is 6.54 Å². The molecule has 18 heavy (non-hydrogen) atoms. The Morgan fingerprint density at radius 1 is 1.33 bits per heavy atom. The van der Waals surface area contributed by atoms with Crippen LogP contribution in [0, 0.1) is 0 Å². The molecule has 2 aromatic rings. The minimum Gasteiger partial charge on any atom is -0.365 e. The number of hydrogen-bond donors (Lipinski definition) is 3. The van der Waals surface area contributed by atoms with Gasteiger partial charge < -0.3 is 5.32 Å². The standard InChI is InChI=1S/C11H11BrClN5/c12-8-4-2-1-3-7(8)5-15-10-9(13)6-16-11(17-10)18-14/h1-4,6H,5,14H2,(H2,15,16,17,18). The van der Waals surface area contributed by atoms with Crippen LogP contribution >= 0.6 is 27.5 Å². The first-order valence-corrected chi connectivity index (χ1v) is 6.34. The second-order valence-corrected chi connectivity index (χ2v) is 4.74. The Bertz CT molecular complexity index is 549. The fourth-order valence-electron chi connectivity index (χ4n) is 1.38. The van der Waals surface area contributed by atoms with Gasteiger partial charge in [0, 0.05) is 11.0 Å². The molecule has 0 aliphatic rings. The number of nitrogens with zero attached hydrogens (tertiary/aromatic N) is 2. The lowest BCUT2D eigenvalue weighted by molar-refractivity contribution is 1.06. The minimum atomic E-state index is 0.314. The summed E-state index contributed by atoms with van der Waals surface area (Å²) in [5.74, 6) is 6.10. The van der Waals surface area contributed by atoms with Gasteiger partial charge in [0.2, 0.25) is 5.95 Å². The normalized spacial score (nSPS) is 10.2. The molecule has 1 aromatic carbocycles. The van der Waals surface area contributed by atoms with E-state index in [2.05, 4.69) is 36.6 Å². The molecule has 5 nitrogen and oxygen atoms in total. The Hall–Kier alpha value is -1.37. The number of nitrogens with two attached hydrogens (primary N) is 1. The second-order valence-electron chi connectivity index (χ2n) is 3.48. The summed E-state index contributed by atoms with van der Waals surface area (Å²) in [4.78, 5) is 8.03. The summed E-state index contributed by atoms with van der Waals surface area (Å²) in [6.45, 7) is 0.599. The fraction of sp³-hybridized carbons (Fsp3) is 0.0909. The van der Waals surface area contributed by atoms with Crippen LogP contribution in [0.15, 0.2) is 34.9 Å². The van der Waals surface area contributed by atoms with Gasteiger partial charge in [-0.05, 0) is 11.6 Å². The number of nitrogen functional groups attached to an aromatic ring is 1. The Kier molecular flexibility index (Phi) is 4.35. The van der Waals surface area contributed by atoms with Gasteiger partial charge in [-0.15, -0.1) is 0 Å². The predicted molar refractivity (Wildman–Crippen MR) is 76.3 cm³/mol. The van der Waals surface area contributed by atoms with Crippen LogP contribution in [-0.4, -0.2) is 9.97 Å². The zero-order valence-electron chi connectivity index (χ0n) is 9.32. The van der Waals surface area contributed by atoms with E-state index in [0.29, 0.717) is 23.3 Å². The highest BCUT2D eigenvalue weighted by atomic mass is 79.9. The van der Waals surface area contributed by atoms with Crippen molar-refractivity contribution in [1.82, 2.24) is 9.97 Å². The maximum absolute atomic E-state index is 5.99. The largest absolute Gasteiger partial charge is 0.365 e. The summed E-state index contributed by atoms with van der Waals surface area (Å²) < 4.78 is 1.03. The van der Waals surface area contributed by atoms with Gasteiger partial charge in [0.1, 0.15) is 5.02 Å². The average Bonchev–Trinajstić information content (AvgIpc) is 2.39. The van der Waals surface area contributed by atoms with Crippen LogP contribution in [0.2, 0.25) is 5.02 Å². The van der Waals surface area contributed by atoms with Gasteiger partial charge in [0.15, 0.2) is 5.82 Å². The number of hydrazine groups is 1. The van der Waals surface area contributed by atoms with Crippen LogP contribution in [0.4, 0.5) is 11.8 Å². The molecule has 0 bridgehead atoms. The summed E-state index contributed by atoms with van der Waals surface area (Å²) in [6, 6.07) is 7.91. The molecule has 0 aliphatic heterocycles. The predicted octanol–water partition coefficient (Wildman–Crippen LogP) is 2.79. The molecule has 0 saturated carbocycles.